The lowest BCUT2D eigenvalue weighted by molar-refractivity contribution is -0.119. The number of rotatable bonds is 4. The van der Waals surface area contributed by atoms with Gasteiger partial charge >= 0.3 is 0 Å². The van der Waals surface area contributed by atoms with Gasteiger partial charge in [-0.15, -0.1) is 0 Å². The summed E-state index contributed by atoms with van der Waals surface area (Å²) in [5.74, 6) is -0.0757. The van der Waals surface area contributed by atoms with E-state index in [4.69, 9.17) is 0 Å². The highest BCUT2D eigenvalue weighted by molar-refractivity contribution is 7.88. The average Bonchev–Trinajstić information content (AvgIpc) is 2.98. The first-order chi connectivity index (χ1) is 12.2. The molecule has 0 aromatic heterocycles. The standard InChI is InChI=1S/C18H26FN3O3S/c1-21-12-14(18(23)20-16-5-3-15(19)4-6-16)11-17(21)13-7-9-22(10-8-13)26(2,24)25/h3-6,13-14,17H,7-12H2,1-2H3,(H,20,23)/t14-,17+/m1/s1. The molecule has 1 N–H and O–H groups in total. The SMILES string of the molecule is CN1C[C@H](C(=O)Nc2ccc(F)cc2)C[C@H]1C1CCN(S(C)(=O)=O)CC1. The number of carbonyl (C=O) groups is 1. The van der Waals surface area contributed by atoms with Gasteiger partial charge in [-0.25, -0.2) is 17.1 Å². The van der Waals surface area contributed by atoms with Gasteiger partial charge in [-0.05, 0) is 56.5 Å². The molecule has 2 atom stereocenters. The molecule has 0 bridgehead atoms. The van der Waals surface area contributed by atoms with E-state index >= 15 is 0 Å². The minimum Gasteiger partial charge on any atom is -0.326 e. The summed E-state index contributed by atoms with van der Waals surface area (Å²) in [6.07, 6.45) is 3.68. The fraction of sp³-hybridized carbons (Fsp3) is 0.611. The number of benzene rings is 1. The van der Waals surface area contributed by atoms with Crippen LogP contribution in [0.15, 0.2) is 24.3 Å². The van der Waals surface area contributed by atoms with Crippen molar-refractivity contribution >= 4 is 21.6 Å². The monoisotopic (exact) mass is 383 g/mol. The molecule has 6 nitrogen and oxygen atoms in total. The third-order valence-corrected chi connectivity index (χ3v) is 6.90. The molecule has 0 radical (unpaired) electrons. The van der Waals surface area contributed by atoms with Crippen molar-refractivity contribution in [2.75, 3.05) is 38.3 Å². The normalized spacial score (nSPS) is 26.1. The molecule has 0 unspecified atom stereocenters. The molecule has 144 valence electrons. The van der Waals surface area contributed by atoms with Crippen molar-refractivity contribution in [3.05, 3.63) is 30.1 Å². The van der Waals surface area contributed by atoms with Crippen molar-refractivity contribution in [3.8, 4) is 0 Å². The van der Waals surface area contributed by atoms with Crippen LogP contribution in [0.1, 0.15) is 19.3 Å². The Hall–Kier alpha value is -1.51. The molecule has 2 heterocycles. The first-order valence-corrected chi connectivity index (χ1v) is 10.8. The van der Waals surface area contributed by atoms with Crippen molar-refractivity contribution in [2.24, 2.45) is 11.8 Å². The largest absolute Gasteiger partial charge is 0.326 e. The summed E-state index contributed by atoms with van der Waals surface area (Å²) in [7, 11) is -1.09. The molecular weight excluding hydrogens is 357 g/mol. The summed E-state index contributed by atoms with van der Waals surface area (Å²) in [6, 6.07) is 6.07. The van der Waals surface area contributed by atoms with E-state index in [2.05, 4.69) is 10.2 Å². The third kappa shape index (κ3) is 4.42. The van der Waals surface area contributed by atoms with Gasteiger partial charge in [0.2, 0.25) is 15.9 Å². The van der Waals surface area contributed by atoms with E-state index in [1.807, 2.05) is 7.05 Å². The van der Waals surface area contributed by atoms with Crippen molar-refractivity contribution in [1.82, 2.24) is 9.21 Å². The summed E-state index contributed by atoms with van der Waals surface area (Å²) in [6.45, 7) is 1.80. The molecule has 2 saturated heterocycles. The molecule has 3 rings (SSSR count). The zero-order valence-corrected chi connectivity index (χ0v) is 16.0. The Balaban J connectivity index is 1.56. The zero-order chi connectivity index (χ0) is 18.9. The predicted octanol–water partition coefficient (Wildman–Crippen LogP) is 1.76. The molecular formula is C18H26FN3O3S. The number of nitrogens with zero attached hydrogens (tertiary/aromatic N) is 2. The van der Waals surface area contributed by atoms with E-state index in [-0.39, 0.29) is 17.6 Å². The summed E-state index contributed by atoms with van der Waals surface area (Å²) < 4.78 is 37.8. The summed E-state index contributed by atoms with van der Waals surface area (Å²) in [5.41, 5.74) is 0.601. The van der Waals surface area contributed by atoms with Crippen LogP contribution < -0.4 is 5.32 Å². The van der Waals surface area contributed by atoms with E-state index < -0.39 is 10.0 Å². The van der Waals surface area contributed by atoms with Gasteiger partial charge in [-0.1, -0.05) is 0 Å². The number of likely N-dealkylation sites (tertiary alicyclic amines) is 1. The minimum atomic E-state index is -3.12. The fourth-order valence-electron chi connectivity index (χ4n) is 4.14. The van der Waals surface area contributed by atoms with Gasteiger partial charge in [0.25, 0.3) is 0 Å². The number of sulfonamides is 1. The van der Waals surface area contributed by atoms with Crippen LogP contribution in [0, 0.1) is 17.7 Å². The second-order valence-electron chi connectivity index (χ2n) is 7.44. The van der Waals surface area contributed by atoms with Crippen LogP contribution in [0.3, 0.4) is 0 Å². The van der Waals surface area contributed by atoms with E-state index in [0.29, 0.717) is 37.3 Å². The molecule has 0 aliphatic carbocycles. The van der Waals surface area contributed by atoms with Crippen LogP contribution in [-0.4, -0.2) is 62.5 Å². The Morgan fingerprint density at radius 3 is 2.38 bits per heavy atom. The highest BCUT2D eigenvalue weighted by atomic mass is 32.2. The highest BCUT2D eigenvalue weighted by Gasteiger charge is 2.40. The van der Waals surface area contributed by atoms with Gasteiger partial charge in [0, 0.05) is 31.4 Å². The molecule has 26 heavy (non-hydrogen) atoms. The lowest BCUT2D eigenvalue weighted by Gasteiger charge is -2.35. The van der Waals surface area contributed by atoms with Gasteiger partial charge in [-0.3, -0.25) is 4.79 Å². The highest BCUT2D eigenvalue weighted by Crippen LogP contribution is 2.33. The van der Waals surface area contributed by atoms with Crippen molar-refractivity contribution in [2.45, 2.75) is 25.3 Å². The number of hydrogen-bond donors (Lipinski definition) is 1. The van der Waals surface area contributed by atoms with Gasteiger partial charge in [-0.2, -0.15) is 0 Å². The molecule has 8 heteroatoms. The lowest BCUT2D eigenvalue weighted by Crippen LogP contribution is -2.43. The van der Waals surface area contributed by atoms with E-state index in [9.17, 15) is 17.6 Å². The Kier molecular flexibility index (Phi) is 5.64. The minimum absolute atomic E-state index is 0.0421. The number of amides is 1. The molecule has 0 spiro atoms. The first-order valence-electron chi connectivity index (χ1n) is 8.96. The number of piperidine rings is 1. The van der Waals surface area contributed by atoms with Crippen molar-refractivity contribution < 1.29 is 17.6 Å². The maximum atomic E-state index is 13.0. The number of nitrogens with one attached hydrogen (secondary N) is 1. The summed E-state index contributed by atoms with van der Waals surface area (Å²) in [5, 5.41) is 2.86. The zero-order valence-electron chi connectivity index (χ0n) is 15.2. The van der Waals surface area contributed by atoms with E-state index in [0.717, 1.165) is 19.3 Å². The molecule has 2 aliphatic heterocycles. The van der Waals surface area contributed by atoms with Crippen LogP contribution in [0.5, 0.6) is 0 Å². The Bertz CT molecular complexity index is 745. The van der Waals surface area contributed by atoms with Gasteiger partial charge < -0.3 is 10.2 Å². The topological polar surface area (TPSA) is 69.7 Å². The Labute approximate surface area is 154 Å². The summed E-state index contributed by atoms with van der Waals surface area (Å²) in [4.78, 5) is 14.8. The predicted molar refractivity (Wildman–Crippen MR) is 98.7 cm³/mol. The van der Waals surface area contributed by atoms with Crippen LogP contribution in [0.25, 0.3) is 0 Å². The van der Waals surface area contributed by atoms with Crippen LogP contribution >= 0.6 is 0 Å². The molecule has 2 fully saturated rings. The van der Waals surface area contributed by atoms with Gasteiger partial charge in [0.05, 0.1) is 12.2 Å². The molecule has 1 aromatic rings. The van der Waals surface area contributed by atoms with Crippen molar-refractivity contribution in [1.29, 1.82) is 0 Å². The molecule has 0 saturated carbocycles. The van der Waals surface area contributed by atoms with Crippen molar-refractivity contribution in [3.63, 3.8) is 0 Å². The fourth-order valence-corrected chi connectivity index (χ4v) is 5.02. The molecule has 1 amide bonds. The number of halogens is 1. The second kappa shape index (κ2) is 7.62. The number of anilines is 1. The third-order valence-electron chi connectivity index (χ3n) is 5.59. The maximum absolute atomic E-state index is 13.0. The first kappa shape index (κ1) is 19.3. The van der Waals surface area contributed by atoms with Crippen LogP contribution in [-0.2, 0) is 14.8 Å². The second-order valence-corrected chi connectivity index (χ2v) is 9.42. The smallest absolute Gasteiger partial charge is 0.228 e. The number of carbonyl (C=O) groups excluding carboxylic acids is 1. The maximum Gasteiger partial charge on any atom is 0.228 e. The molecule has 1 aromatic carbocycles. The average molecular weight is 383 g/mol. The lowest BCUT2D eigenvalue weighted by atomic mass is 9.87. The Morgan fingerprint density at radius 2 is 1.81 bits per heavy atom. The Morgan fingerprint density at radius 1 is 1.19 bits per heavy atom. The van der Waals surface area contributed by atoms with E-state index in [1.54, 1.807) is 12.1 Å². The number of hydrogen-bond acceptors (Lipinski definition) is 4. The van der Waals surface area contributed by atoms with Gasteiger partial charge in [0.15, 0.2) is 0 Å². The van der Waals surface area contributed by atoms with Crippen LogP contribution in [0.2, 0.25) is 0 Å². The van der Waals surface area contributed by atoms with Crippen LogP contribution in [0.4, 0.5) is 10.1 Å². The quantitative estimate of drug-likeness (QED) is 0.860. The molecule has 2 aliphatic rings. The summed E-state index contributed by atoms with van der Waals surface area (Å²) >= 11 is 0. The van der Waals surface area contributed by atoms with Gasteiger partial charge in [0.1, 0.15) is 5.82 Å². The van der Waals surface area contributed by atoms with E-state index in [1.165, 1.54) is 22.7 Å².